The molecule has 3 N–H and O–H groups in total. The fourth-order valence-corrected chi connectivity index (χ4v) is 2.67. The van der Waals surface area contributed by atoms with Crippen LogP contribution in [0.2, 0.25) is 0 Å². The first-order valence-corrected chi connectivity index (χ1v) is 7.03. The number of halogens is 1. The Balaban J connectivity index is 1.90. The number of anilines is 1. The highest BCUT2D eigenvalue weighted by Crippen LogP contribution is 2.29. The summed E-state index contributed by atoms with van der Waals surface area (Å²) in [6.45, 7) is 2.74. The minimum absolute atomic E-state index is 0.0729. The number of amides is 2. The van der Waals surface area contributed by atoms with Crippen molar-refractivity contribution in [3.8, 4) is 0 Å². The van der Waals surface area contributed by atoms with Gasteiger partial charge in [0.15, 0.2) is 0 Å². The zero-order valence-corrected chi connectivity index (χ0v) is 11.9. The summed E-state index contributed by atoms with van der Waals surface area (Å²) in [5.74, 6) is -0.687. The molecule has 5 nitrogen and oxygen atoms in total. The van der Waals surface area contributed by atoms with Gasteiger partial charge in [0, 0.05) is 6.54 Å². The maximum Gasteiger partial charge on any atom is 0.335 e. The van der Waals surface area contributed by atoms with Crippen LogP contribution in [0.15, 0.2) is 18.2 Å². The van der Waals surface area contributed by atoms with Gasteiger partial charge in [-0.3, -0.25) is 0 Å². The van der Waals surface area contributed by atoms with Crippen LogP contribution in [0.4, 0.5) is 14.9 Å². The van der Waals surface area contributed by atoms with E-state index in [2.05, 4.69) is 17.6 Å². The molecule has 0 heterocycles. The third-order valence-corrected chi connectivity index (χ3v) is 3.82. The van der Waals surface area contributed by atoms with Crippen molar-refractivity contribution in [3.05, 3.63) is 29.6 Å². The van der Waals surface area contributed by atoms with Crippen molar-refractivity contribution in [2.75, 3.05) is 11.9 Å². The Morgan fingerprint density at radius 2 is 2.14 bits per heavy atom. The molecule has 1 aromatic rings. The Morgan fingerprint density at radius 1 is 1.38 bits per heavy atom. The van der Waals surface area contributed by atoms with Gasteiger partial charge in [0.2, 0.25) is 0 Å². The Morgan fingerprint density at radius 3 is 2.76 bits per heavy atom. The largest absolute Gasteiger partial charge is 0.478 e. The SMILES string of the molecule is CC1CCC(CNC(=O)Nc2cc(C(=O)O)ccc2F)C1. The number of carboxylic acids is 1. The average molecular weight is 294 g/mol. The molecule has 0 spiro atoms. The van der Waals surface area contributed by atoms with Crippen LogP contribution in [-0.4, -0.2) is 23.7 Å². The average Bonchev–Trinajstić information content (AvgIpc) is 2.84. The van der Waals surface area contributed by atoms with Crippen LogP contribution in [0.5, 0.6) is 0 Å². The van der Waals surface area contributed by atoms with E-state index in [1.54, 1.807) is 0 Å². The standard InChI is InChI=1S/C15H19FN2O3/c1-9-2-3-10(6-9)8-17-15(21)18-13-7-11(14(19)20)4-5-12(13)16/h4-5,7,9-10H,2-3,6,8H2,1H3,(H,19,20)(H2,17,18,21). The first-order chi connectivity index (χ1) is 9.95. The predicted octanol–water partition coefficient (Wildman–Crippen LogP) is 3.08. The van der Waals surface area contributed by atoms with Gasteiger partial charge in [-0.25, -0.2) is 14.0 Å². The second-order valence-electron chi connectivity index (χ2n) is 5.62. The molecule has 2 atom stereocenters. The van der Waals surface area contributed by atoms with E-state index in [4.69, 9.17) is 5.11 Å². The van der Waals surface area contributed by atoms with Gasteiger partial charge in [0.05, 0.1) is 11.3 Å². The lowest BCUT2D eigenvalue weighted by Crippen LogP contribution is -2.32. The highest BCUT2D eigenvalue weighted by atomic mass is 19.1. The third-order valence-electron chi connectivity index (χ3n) is 3.82. The van der Waals surface area contributed by atoms with E-state index in [9.17, 15) is 14.0 Å². The number of rotatable bonds is 4. The second-order valence-corrected chi connectivity index (χ2v) is 5.62. The summed E-state index contributed by atoms with van der Waals surface area (Å²) in [6, 6.07) is 2.77. The smallest absolute Gasteiger partial charge is 0.335 e. The quantitative estimate of drug-likeness (QED) is 0.798. The van der Waals surface area contributed by atoms with Crippen molar-refractivity contribution in [3.63, 3.8) is 0 Å². The van der Waals surface area contributed by atoms with E-state index in [0.717, 1.165) is 31.0 Å². The number of urea groups is 1. The third kappa shape index (κ3) is 4.18. The Labute approximate surface area is 122 Å². The van der Waals surface area contributed by atoms with Crippen LogP contribution in [-0.2, 0) is 0 Å². The van der Waals surface area contributed by atoms with Crippen LogP contribution in [0, 0.1) is 17.7 Å². The molecule has 2 amide bonds. The van der Waals surface area contributed by atoms with E-state index in [1.807, 2.05) is 0 Å². The van der Waals surface area contributed by atoms with Crippen molar-refractivity contribution in [1.29, 1.82) is 0 Å². The molecule has 0 radical (unpaired) electrons. The predicted molar refractivity (Wildman–Crippen MR) is 76.9 cm³/mol. The molecule has 1 aliphatic carbocycles. The summed E-state index contributed by atoms with van der Waals surface area (Å²) >= 11 is 0. The van der Waals surface area contributed by atoms with Crippen molar-refractivity contribution >= 4 is 17.7 Å². The molecule has 6 heteroatoms. The lowest BCUT2D eigenvalue weighted by atomic mass is 10.1. The molecular formula is C15H19FN2O3. The van der Waals surface area contributed by atoms with Crippen LogP contribution in [0.25, 0.3) is 0 Å². The first-order valence-electron chi connectivity index (χ1n) is 7.03. The number of hydrogen-bond donors (Lipinski definition) is 3. The second kappa shape index (κ2) is 6.56. The molecule has 2 unspecified atom stereocenters. The molecule has 2 rings (SSSR count). The highest BCUT2D eigenvalue weighted by molar-refractivity contribution is 5.93. The van der Waals surface area contributed by atoms with Gasteiger partial charge in [0.1, 0.15) is 5.82 Å². The van der Waals surface area contributed by atoms with E-state index in [0.29, 0.717) is 18.4 Å². The fraction of sp³-hybridized carbons (Fsp3) is 0.467. The number of carbonyl (C=O) groups excluding carboxylic acids is 1. The Kier molecular flexibility index (Phi) is 4.77. The number of aromatic carboxylic acids is 1. The maximum absolute atomic E-state index is 13.6. The van der Waals surface area contributed by atoms with E-state index in [1.165, 1.54) is 6.42 Å². The highest BCUT2D eigenvalue weighted by Gasteiger charge is 2.21. The Hall–Kier alpha value is -2.11. The van der Waals surface area contributed by atoms with E-state index >= 15 is 0 Å². The van der Waals surface area contributed by atoms with Crippen LogP contribution < -0.4 is 10.6 Å². The molecule has 0 aromatic heterocycles. The van der Waals surface area contributed by atoms with Gasteiger partial charge in [-0.05, 0) is 42.9 Å². The summed E-state index contributed by atoms with van der Waals surface area (Å²) in [4.78, 5) is 22.6. The maximum atomic E-state index is 13.6. The van der Waals surface area contributed by atoms with Crippen LogP contribution >= 0.6 is 0 Å². The molecule has 1 saturated carbocycles. The van der Waals surface area contributed by atoms with Crippen LogP contribution in [0.3, 0.4) is 0 Å². The summed E-state index contributed by atoms with van der Waals surface area (Å²) < 4.78 is 13.6. The molecule has 1 aliphatic rings. The molecule has 0 bridgehead atoms. The fourth-order valence-electron chi connectivity index (χ4n) is 2.67. The normalized spacial score (nSPS) is 21.0. The van der Waals surface area contributed by atoms with Gasteiger partial charge < -0.3 is 15.7 Å². The van der Waals surface area contributed by atoms with Crippen molar-refractivity contribution < 1.29 is 19.1 Å². The van der Waals surface area contributed by atoms with E-state index < -0.39 is 17.8 Å². The summed E-state index contributed by atoms with van der Waals surface area (Å²) in [6.07, 6.45) is 3.34. The molecule has 21 heavy (non-hydrogen) atoms. The molecule has 1 aromatic carbocycles. The topological polar surface area (TPSA) is 78.4 Å². The molecule has 114 valence electrons. The van der Waals surface area contributed by atoms with Gasteiger partial charge in [-0.15, -0.1) is 0 Å². The van der Waals surface area contributed by atoms with E-state index in [-0.39, 0.29) is 11.3 Å². The summed E-state index contributed by atoms with van der Waals surface area (Å²) in [5, 5.41) is 13.9. The van der Waals surface area contributed by atoms with Crippen molar-refractivity contribution in [1.82, 2.24) is 5.32 Å². The minimum Gasteiger partial charge on any atom is -0.478 e. The number of benzene rings is 1. The lowest BCUT2D eigenvalue weighted by Gasteiger charge is -2.12. The van der Waals surface area contributed by atoms with Gasteiger partial charge in [-0.1, -0.05) is 13.3 Å². The number of carboxylic acid groups (broad SMARTS) is 1. The lowest BCUT2D eigenvalue weighted by molar-refractivity contribution is 0.0697. The van der Waals surface area contributed by atoms with Gasteiger partial charge in [0.25, 0.3) is 0 Å². The van der Waals surface area contributed by atoms with Crippen LogP contribution in [0.1, 0.15) is 36.5 Å². The summed E-state index contributed by atoms with van der Waals surface area (Å²) in [5.41, 5.74) is -0.205. The number of hydrogen-bond acceptors (Lipinski definition) is 2. The van der Waals surface area contributed by atoms with Gasteiger partial charge in [-0.2, -0.15) is 0 Å². The molecule has 0 saturated heterocycles. The van der Waals surface area contributed by atoms with Crippen molar-refractivity contribution in [2.24, 2.45) is 11.8 Å². The number of nitrogens with one attached hydrogen (secondary N) is 2. The Bertz CT molecular complexity index is 548. The first kappa shape index (κ1) is 15.3. The summed E-state index contributed by atoms with van der Waals surface area (Å²) in [7, 11) is 0. The monoisotopic (exact) mass is 294 g/mol. The zero-order chi connectivity index (χ0) is 15.4. The molecule has 0 aliphatic heterocycles. The zero-order valence-electron chi connectivity index (χ0n) is 11.9. The molecule has 1 fully saturated rings. The van der Waals surface area contributed by atoms with Gasteiger partial charge >= 0.3 is 12.0 Å². The van der Waals surface area contributed by atoms with Crippen molar-refractivity contribution in [2.45, 2.75) is 26.2 Å². The number of carbonyl (C=O) groups is 2. The molecular weight excluding hydrogens is 275 g/mol. The minimum atomic E-state index is -1.17.